The van der Waals surface area contributed by atoms with Crippen LogP contribution in [0.4, 0.5) is 10.5 Å². The highest BCUT2D eigenvalue weighted by molar-refractivity contribution is 5.89. The number of hydrogen-bond donors (Lipinski definition) is 1. The van der Waals surface area contributed by atoms with Gasteiger partial charge in [0.05, 0.1) is 18.2 Å². The Bertz CT molecular complexity index is 1030. The lowest BCUT2D eigenvalue weighted by Gasteiger charge is -2.24. The molecule has 2 amide bonds. The molecular formula is C26H30N4O. The summed E-state index contributed by atoms with van der Waals surface area (Å²) in [6.45, 7) is 6.32. The van der Waals surface area contributed by atoms with Crippen LogP contribution in [0, 0.1) is 18.3 Å². The van der Waals surface area contributed by atoms with E-state index < -0.39 is 0 Å². The number of nitrogens with one attached hydrogen (secondary N) is 1. The fraction of sp³-hybridized carbons (Fsp3) is 0.308. The first kappa shape index (κ1) is 22.2. The summed E-state index contributed by atoms with van der Waals surface area (Å²) in [5.74, 6) is 0. The average Bonchev–Trinajstić information content (AvgIpc) is 3.22. The number of rotatable bonds is 9. The Balaban J connectivity index is 1.73. The van der Waals surface area contributed by atoms with E-state index in [1.807, 2.05) is 11.0 Å². The molecule has 0 atom stereocenters. The quantitative estimate of drug-likeness (QED) is 0.440. The van der Waals surface area contributed by atoms with Crippen LogP contribution >= 0.6 is 0 Å². The highest BCUT2D eigenvalue weighted by Gasteiger charge is 2.16. The number of benzene rings is 2. The molecule has 5 nitrogen and oxygen atoms in total. The molecule has 0 unspecified atom stereocenters. The summed E-state index contributed by atoms with van der Waals surface area (Å²) >= 11 is 0. The Morgan fingerprint density at radius 3 is 2.55 bits per heavy atom. The SMILES string of the molecule is CCCCCN(Cc1cccn1Cc1ccccc1C)C(=O)Nc1ccc(C#N)cc1. The third-order valence-electron chi connectivity index (χ3n) is 5.46. The maximum atomic E-state index is 13.1. The van der Waals surface area contributed by atoms with Crippen molar-refractivity contribution >= 4 is 11.7 Å². The molecule has 0 spiro atoms. The Kier molecular flexibility index (Phi) is 7.89. The van der Waals surface area contributed by atoms with Crippen molar-refractivity contribution in [2.75, 3.05) is 11.9 Å². The van der Waals surface area contributed by atoms with Crippen LogP contribution in [0.5, 0.6) is 0 Å². The van der Waals surface area contributed by atoms with Crippen LogP contribution in [-0.2, 0) is 13.1 Å². The standard InChI is InChI=1S/C26H30N4O/c1-3-4-7-16-30(26(31)28-24-14-12-22(18-27)13-15-24)20-25-11-8-17-29(25)19-23-10-6-5-9-21(23)2/h5-6,8-15,17H,3-4,7,16,19-20H2,1-2H3,(H,28,31). The summed E-state index contributed by atoms with van der Waals surface area (Å²) in [6.07, 6.45) is 5.24. The van der Waals surface area contributed by atoms with Crippen molar-refractivity contribution in [1.82, 2.24) is 9.47 Å². The van der Waals surface area contributed by atoms with Gasteiger partial charge in [0.2, 0.25) is 0 Å². The molecular weight excluding hydrogens is 384 g/mol. The molecule has 0 aliphatic rings. The van der Waals surface area contributed by atoms with Crippen molar-refractivity contribution in [1.29, 1.82) is 5.26 Å². The van der Waals surface area contributed by atoms with Crippen LogP contribution in [0.3, 0.4) is 0 Å². The number of carbonyl (C=O) groups excluding carboxylic acids is 1. The third kappa shape index (κ3) is 6.23. The fourth-order valence-electron chi connectivity index (χ4n) is 3.55. The molecule has 160 valence electrons. The maximum absolute atomic E-state index is 13.1. The lowest BCUT2D eigenvalue weighted by molar-refractivity contribution is 0.206. The Morgan fingerprint density at radius 2 is 1.84 bits per heavy atom. The van der Waals surface area contributed by atoms with Gasteiger partial charge in [-0.2, -0.15) is 5.26 Å². The van der Waals surface area contributed by atoms with Gasteiger partial charge in [0.25, 0.3) is 0 Å². The zero-order valence-electron chi connectivity index (χ0n) is 18.3. The van der Waals surface area contributed by atoms with Crippen molar-refractivity contribution in [3.05, 3.63) is 89.2 Å². The second-order valence-corrected chi connectivity index (χ2v) is 7.80. The number of aromatic nitrogens is 1. The summed E-state index contributed by atoms with van der Waals surface area (Å²) in [4.78, 5) is 14.9. The number of nitrogens with zero attached hydrogens (tertiary/aromatic N) is 3. The fourth-order valence-corrected chi connectivity index (χ4v) is 3.55. The molecule has 0 radical (unpaired) electrons. The van der Waals surface area contributed by atoms with Gasteiger partial charge >= 0.3 is 6.03 Å². The molecule has 1 heterocycles. The van der Waals surface area contributed by atoms with E-state index in [9.17, 15) is 4.79 Å². The topological polar surface area (TPSA) is 61.1 Å². The number of urea groups is 1. The molecule has 3 aromatic rings. The summed E-state index contributed by atoms with van der Waals surface area (Å²) in [5, 5.41) is 11.9. The summed E-state index contributed by atoms with van der Waals surface area (Å²) in [5.41, 5.74) is 4.92. The Morgan fingerprint density at radius 1 is 1.06 bits per heavy atom. The Hall–Kier alpha value is -3.52. The van der Waals surface area contributed by atoms with Gasteiger partial charge < -0.3 is 14.8 Å². The molecule has 1 aromatic heterocycles. The molecule has 0 aliphatic heterocycles. The van der Waals surface area contributed by atoms with Gasteiger partial charge in [0, 0.05) is 30.7 Å². The summed E-state index contributed by atoms with van der Waals surface area (Å²) in [7, 11) is 0. The molecule has 1 N–H and O–H groups in total. The van der Waals surface area contributed by atoms with Crippen molar-refractivity contribution < 1.29 is 4.79 Å². The average molecular weight is 415 g/mol. The second-order valence-electron chi connectivity index (χ2n) is 7.80. The van der Waals surface area contributed by atoms with Gasteiger partial charge in [-0.25, -0.2) is 4.79 Å². The van der Waals surface area contributed by atoms with E-state index in [0.29, 0.717) is 24.3 Å². The maximum Gasteiger partial charge on any atom is 0.322 e. The third-order valence-corrected chi connectivity index (χ3v) is 5.46. The highest BCUT2D eigenvalue weighted by Crippen LogP contribution is 2.16. The molecule has 5 heteroatoms. The van der Waals surface area contributed by atoms with Crippen LogP contribution in [0.1, 0.15) is 48.6 Å². The van der Waals surface area contributed by atoms with Gasteiger partial charge in [-0.3, -0.25) is 0 Å². The zero-order valence-corrected chi connectivity index (χ0v) is 18.3. The van der Waals surface area contributed by atoms with Gasteiger partial charge in [-0.15, -0.1) is 0 Å². The molecule has 0 saturated carbocycles. The van der Waals surface area contributed by atoms with Crippen molar-refractivity contribution in [2.45, 2.75) is 46.2 Å². The van der Waals surface area contributed by atoms with E-state index in [0.717, 1.165) is 31.5 Å². The van der Waals surface area contributed by atoms with Crippen LogP contribution in [0.15, 0.2) is 66.9 Å². The number of carbonyl (C=O) groups is 1. The van der Waals surface area contributed by atoms with E-state index in [1.54, 1.807) is 24.3 Å². The van der Waals surface area contributed by atoms with Gasteiger partial charge in [0.1, 0.15) is 0 Å². The summed E-state index contributed by atoms with van der Waals surface area (Å²) in [6, 6.07) is 21.4. The minimum absolute atomic E-state index is 0.121. The van der Waals surface area contributed by atoms with E-state index in [1.165, 1.54) is 11.1 Å². The zero-order chi connectivity index (χ0) is 22.1. The minimum atomic E-state index is -0.121. The number of aryl methyl sites for hydroxylation is 1. The van der Waals surface area contributed by atoms with E-state index in [2.05, 4.69) is 66.3 Å². The molecule has 3 rings (SSSR count). The molecule has 0 fully saturated rings. The molecule has 31 heavy (non-hydrogen) atoms. The molecule has 2 aromatic carbocycles. The monoisotopic (exact) mass is 414 g/mol. The number of unbranched alkanes of at least 4 members (excludes halogenated alkanes) is 2. The van der Waals surface area contributed by atoms with Gasteiger partial charge in [-0.1, -0.05) is 44.0 Å². The predicted molar refractivity (Wildman–Crippen MR) is 125 cm³/mol. The van der Waals surface area contributed by atoms with E-state index in [4.69, 9.17) is 5.26 Å². The number of nitriles is 1. The lowest BCUT2D eigenvalue weighted by Crippen LogP contribution is -2.36. The minimum Gasteiger partial charge on any atom is -0.345 e. The highest BCUT2D eigenvalue weighted by atomic mass is 16.2. The van der Waals surface area contributed by atoms with Crippen LogP contribution in [0.25, 0.3) is 0 Å². The predicted octanol–water partition coefficient (Wildman–Crippen LogP) is 5.94. The van der Waals surface area contributed by atoms with E-state index >= 15 is 0 Å². The van der Waals surface area contributed by atoms with E-state index in [-0.39, 0.29) is 6.03 Å². The normalized spacial score (nSPS) is 10.5. The number of amides is 2. The first-order valence-corrected chi connectivity index (χ1v) is 10.9. The van der Waals surface area contributed by atoms with Gasteiger partial charge in [0.15, 0.2) is 0 Å². The molecule has 0 aliphatic carbocycles. The lowest BCUT2D eigenvalue weighted by atomic mass is 10.1. The van der Waals surface area contributed by atoms with Crippen LogP contribution < -0.4 is 5.32 Å². The van der Waals surface area contributed by atoms with Crippen molar-refractivity contribution in [3.63, 3.8) is 0 Å². The number of anilines is 1. The smallest absolute Gasteiger partial charge is 0.322 e. The van der Waals surface area contributed by atoms with Gasteiger partial charge in [-0.05, 0) is 60.9 Å². The molecule has 0 bridgehead atoms. The Labute approximate surface area is 184 Å². The van der Waals surface area contributed by atoms with Crippen LogP contribution in [0.2, 0.25) is 0 Å². The number of hydrogen-bond acceptors (Lipinski definition) is 2. The first-order chi connectivity index (χ1) is 15.1. The summed E-state index contributed by atoms with van der Waals surface area (Å²) < 4.78 is 2.21. The second kappa shape index (κ2) is 11.0. The van der Waals surface area contributed by atoms with Crippen molar-refractivity contribution in [2.24, 2.45) is 0 Å². The van der Waals surface area contributed by atoms with Crippen LogP contribution in [-0.4, -0.2) is 22.0 Å². The first-order valence-electron chi connectivity index (χ1n) is 10.9. The largest absolute Gasteiger partial charge is 0.345 e. The molecule has 0 saturated heterocycles. The van der Waals surface area contributed by atoms with Crippen molar-refractivity contribution in [3.8, 4) is 6.07 Å².